The first-order valence-electron chi connectivity index (χ1n) is 4.86. The van der Waals surface area contributed by atoms with Gasteiger partial charge in [-0.2, -0.15) is 0 Å². The van der Waals surface area contributed by atoms with E-state index >= 15 is 0 Å². The van der Waals surface area contributed by atoms with Gasteiger partial charge in [0.15, 0.2) is 5.12 Å². The van der Waals surface area contributed by atoms with E-state index in [0.717, 1.165) is 17.8 Å². The predicted molar refractivity (Wildman–Crippen MR) is 65.5 cm³/mol. The van der Waals surface area contributed by atoms with Crippen molar-refractivity contribution in [3.8, 4) is 0 Å². The summed E-state index contributed by atoms with van der Waals surface area (Å²) in [5.41, 5.74) is -0.0361. The third-order valence-corrected chi connectivity index (χ3v) is 3.25. The van der Waals surface area contributed by atoms with Crippen molar-refractivity contribution in [2.24, 2.45) is 0 Å². The molecule has 0 spiro atoms. The molecule has 2 atom stereocenters. The van der Waals surface area contributed by atoms with Gasteiger partial charge in [0.25, 0.3) is 0 Å². The van der Waals surface area contributed by atoms with E-state index in [2.05, 4.69) is 0 Å². The van der Waals surface area contributed by atoms with Crippen molar-refractivity contribution < 1.29 is 19.4 Å². The molecule has 0 heterocycles. The highest BCUT2D eigenvalue weighted by Crippen LogP contribution is 2.24. The second kappa shape index (κ2) is 6.35. The lowest BCUT2D eigenvalue weighted by atomic mass is 10.1. The van der Waals surface area contributed by atoms with Gasteiger partial charge in [0.2, 0.25) is 0 Å². The number of aliphatic hydroxyl groups excluding tert-OH is 2. The molecular formula is C11H12ClFO3S. The maximum atomic E-state index is 13.4. The minimum absolute atomic E-state index is 0.0125. The standard InChI is InChI=1S/C11H12ClFO3S/c1-6(14)17-5-10(15)11(16)8-3-2-7(12)4-9(8)13/h2-4,10-11,15-16H,5H2,1H3. The summed E-state index contributed by atoms with van der Waals surface area (Å²) in [5, 5.41) is 19.3. The van der Waals surface area contributed by atoms with Gasteiger partial charge in [-0.1, -0.05) is 29.4 Å². The molecule has 0 amide bonds. The van der Waals surface area contributed by atoms with Gasteiger partial charge in [-0.05, 0) is 12.1 Å². The van der Waals surface area contributed by atoms with E-state index < -0.39 is 18.0 Å². The molecule has 0 radical (unpaired) electrons. The van der Waals surface area contributed by atoms with Gasteiger partial charge >= 0.3 is 0 Å². The molecule has 17 heavy (non-hydrogen) atoms. The second-order valence-corrected chi connectivity index (χ2v) is 5.11. The lowest BCUT2D eigenvalue weighted by Gasteiger charge is -2.17. The number of aliphatic hydroxyl groups is 2. The molecule has 0 aliphatic carbocycles. The average Bonchev–Trinajstić information content (AvgIpc) is 2.25. The van der Waals surface area contributed by atoms with Gasteiger partial charge in [-0.3, -0.25) is 4.79 Å². The number of rotatable bonds is 4. The Labute approximate surface area is 108 Å². The van der Waals surface area contributed by atoms with Crippen LogP contribution in [0.5, 0.6) is 0 Å². The molecule has 1 aromatic rings. The molecule has 0 saturated carbocycles. The molecule has 0 aromatic heterocycles. The Morgan fingerprint density at radius 3 is 2.71 bits per heavy atom. The number of carbonyl (C=O) groups excluding carboxylic acids is 1. The molecule has 0 bridgehead atoms. The minimum Gasteiger partial charge on any atom is -0.389 e. The fraction of sp³-hybridized carbons (Fsp3) is 0.364. The first kappa shape index (κ1) is 14.4. The van der Waals surface area contributed by atoms with E-state index in [9.17, 15) is 19.4 Å². The van der Waals surface area contributed by atoms with Crippen molar-refractivity contribution in [3.05, 3.63) is 34.6 Å². The number of thioether (sulfide) groups is 1. The van der Waals surface area contributed by atoms with Crippen LogP contribution in [-0.4, -0.2) is 27.2 Å². The Morgan fingerprint density at radius 1 is 1.53 bits per heavy atom. The third kappa shape index (κ3) is 4.27. The molecule has 0 aliphatic heterocycles. The Hall–Kier alpha value is -0.620. The highest BCUT2D eigenvalue weighted by atomic mass is 35.5. The monoisotopic (exact) mass is 278 g/mol. The van der Waals surface area contributed by atoms with Crippen LogP contribution in [0.2, 0.25) is 5.02 Å². The molecule has 1 aromatic carbocycles. The fourth-order valence-electron chi connectivity index (χ4n) is 1.24. The molecule has 2 N–H and O–H groups in total. The van der Waals surface area contributed by atoms with Crippen LogP contribution in [0.15, 0.2) is 18.2 Å². The van der Waals surface area contributed by atoms with E-state index in [1.165, 1.54) is 19.1 Å². The number of hydrogen-bond donors (Lipinski definition) is 2. The second-order valence-electron chi connectivity index (χ2n) is 3.48. The first-order chi connectivity index (χ1) is 7.91. The maximum Gasteiger partial charge on any atom is 0.185 e. The van der Waals surface area contributed by atoms with Crippen molar-refractivity contribution in [3.63, 3.8) is 0 Å². The number of carbonyl (C=O) groups is 1. The maximum absolute atomic E-state index is 13.4. The van der Waals surface area contributed by atoms with Crippen molar-refractivity contribution in [1.29, 1.82) is 0 Å². The summed E-state index contributed by atoms with van der Waals surface area (Å²) in [7, 11) is 0. The minimum atomic E-state index is -1.38. The zero-order chi connectivity index (χ0) is 13.0. The largest absolute Gasteiger partial charge is 0.389 e. The zero-order valence-corrected chi connectivity index (χ0v) is 10.6. The summed E-state index contributed by atoms with van der Waals surface area (Å²) >= 11 is 6.44. The van der Waals surface area contributed by atoms with Gasteiger partial charge in [-0.25, -0.2) is 4.39 Å². The molecule has 94 valence electrons. The summed E-state index contributed by atoms with van der Waals surface area (Å²) in [5.74, 6) is -0.671. The summed E-state index contributed by atoms with van der Waals surface area (Å²) < 4.78 is 13.4. The van der Waals surface area contributed by atoms with Gasteiger partial charge in [0.1, 0.15) is 11.9 Å². The van der Waals surface area contributed by atoms with Crippen molar-refractivity contribution in [2.45, 2.75) is 19.1 Å². The van der Waals surface area contributed by atoms with E-state index in [4.69, 9.17) is 11.6 Å². The SMILES string of the molecule is CC(=O)SCC(O)C(O)c1ccc(Cl)cc1F. The van der Waals surface area contributed by atoms with Gasteiger partial charge in [0.05, 0.1) is 6.10 Å². The number of hydrogen-bond acceptors (Lipinski definition) is 4. The van der Waals surface area contributed by atoms with Crippen LogP contribution in [0, 0.1) is 5.82 Å². The molecular weight excluding hydrogens is 267 g/mol. The lowest BCUT2D eigenvalue weighted by molar-refractivity contribution is -0.109. The normalized spacial score (nSPS) is 14.4. The molecule has 0 fully saturated rings. The van der Waals surface area contributed by atoms with E-state index in [-0.39, 0.29) is 21.5 Å². The molecule has 1 rings (SSSR count). The Morgan fingerprint density at radius 2 is 2.18 bits per heavy atom. The van der Waals surface area contributed by atoms with Crippen LogP contribution in [0.4, 0.5) is 4.39 Å². The van der Waals surface area contributed by atoms with Gasteiger partial charge in [-0.15, -0.1) is 0 Å². The summed E-state index contributed by atoms with van der Waals surface area (Å²) in [6.45, 7) is 1.35. The van der Waals surface area contributed by atoms with Crippen molar-refractivity contribution in [1.82, 2.24) is 0 Å². The summed E-state index contributed by atoms with van der Waals surface area (Å²) in [6, 6.07) is 3.79. The highest BCUT2D eigenvalue weighted by Gasteiger charge is 2.22. The smallest absolute Gasteiger partial charge is 0.185 e. The average molecular weight is 279 g/mol. The van der Waals surface area contributed by atoms with Crippen LogP contribution >= 0.6 is 23.4 Å². The summed E-state index contributed by atoms with van der Waals surface area (Å²) in [4.78, 5) is 10.7. The summed E-state index contributed by atoms with van der Waals surface area (Å²) in [6.07, 6.45) is -2.58. The molecule has 0 saturated heterocycles. The topological polar surface area (TPSA) is 57.5 Å². The Bertz CT molecular complexity index is 414. The quantitative estimate of drug-likeness (QED) is 0.886. The van der Waals surface area contributed by atoms with Crippen molar-refractivity contribution >= 4 is 28.5 Å². The molecule has 6 heteroatoms. The predicted octanol–water partition coefficient (Wildman–Crippen LogP) is 2.15. The number of benzene rings is 1. The van der Waals surface area contributed by atoms with Gasteiger partial charge in [0, 0.05) is 23.3 Å². The Kier molecular flexibility index (Phi) is 5.39. The van der Waals surface area contributed by atoms with Crippen LogP contribution in [0.3, 0.4) is 0 Å². The third-order valence-electron chi connectivity index (χ3n) is 2.10. The van der Waals surface area contributed by atoms with Crippen LogP contribution < -0.4 is 0 Å². The molecule has 3 nitrogen and oxygen atoms in total. The van der Waals surface area contributed by atoms with Crippen LogP contribution in [0.1, 0.15) is 18.6 Å². The first-order valence-corrected chi connectivity index (χ1v) is 6.22. The van der Waals surface area contributed by atoms with Crippen LogP contribution in [-0.2, 0) is 4.79 Å². The lowest BCUT2D eigenvalue weighted by Crippen LogP contribution is -2.22. The van der Waals surface area contributed by atoms with E-state index in [0.29, 0.717) is 0 Å². The zero-order valence-electron chi connectivity index (χ0n) is 9.06. The molecule has 2 unspecified atom stereocenters. The van der Waals surface area contributed by atoms with E-state index in [1.807, 2.05) is 0 Å². The fourth-order valence-corrected chi connectivity index (χ4v) is 1.99. The number of halogens is 2. The van der Waals surface area contributed by atoms with E-state index in [1.54, 1.807) is 0 Å². The highest BCUT2D eigenvalue weighted by molar-refractivity contribution is 8.13. The Balaban J connectivity index is 2.74. The van der Waals surface area contributed by atoms with Crippen molar-refractivity contribution in [2.75, 3.05) is 5.75 Å². The van der Waals surface area contributed by atoms with Crippen LogP contribution in [0.25, 0.3) is 0 Å². The molecule has 0 aliphatic rings. The van der Waals surface area contributed by atoms with Gasteiger partial charge < -0.3 is 10.2 Å².